The molecule has 3 aromatic carbocycles. The summed E-state index contributed by atoms with van der Waals surface area (Å²) in [7, 11) is 0. The molecule has 0 aliphatic rings. The minimum atomic E-state index is 1.22. The van der Waals surface area contributed by atoms with E-state index in [9.17, 15) is 0 Å². The summed E-state index contributed by atoms with van der Waals surface area (Å²) in [6, 6.07) is 17.3. The molecule has 0 nitrogen and oxygen atoms in total. The van der Waals surface area contributed by atoms with Gasteiger partial charge in [0.2, 0.25) is 0 Å². The van der Waals surface area contributed by atoms with E-state index in [-0.39, 0.29) is 0 Å². The van der Waals surface area contributed by atoms with Crippen LogP contribution in [0.5, 0.6) is 0 Å². The van der Waals surface area contributed by atoms with Crippen LogP contribution < -0.4 is 0 Å². The minimum Gasteiger partial charge on any atom is -0.0985 e. The number of hydrogen-bond acceptors (Lipinski definition) is 0. The average Bonchev–Trinajstić information content (AvgIpc) is 2.67. The van der Waals surface area contributed by atoms with E-state index < -0.39 is 0 Å². The first-order valence-electron chi connectivity index (χ1n) is 8.85. The molecule has 0 fully saturated rings. The van der Waals surface area contributed by atoms with Crippen LogP contribution in [0.15, 0.2) is 55.1 Å². The molecule has 0 amide bonds. The molecule has 124 valence electrons. The third-order valence-corrected chi connectivity index (χ3v) is 3.46. The third kappa shape index (κ3) is 4.69. The van der Waals surface area contributed by atoms with Crippen LogP contribution in [0, 0.1) is 6.92 Å². The molecule has 0 atom stereocenters. The number of aryl methyl sites for hydroxylation is 1. The van der Waals surface area contributed by atoms with E-state index in [1.54, 1.807) is 0 Å². The lowest BCUT2D eigenvalue weighted by molar-refractivity contribution is 1.50. The first kappa shape index (κ1) is 20.9. The molecule has 0 aliphatic heterocycles. The summed E-state index contributed by atoms with van der Waals surface area (Å²) in [6.45, 7) is 18.0. The smallest absolute Gasteiger partial charge is 0.0102 e. The highest BCUT2D eigenvalue weighted by Crippen LogP contribution is 2.29. The van der Waals surface area contributed by atoms with Crippen LogP contribution in [0.3, 0.4) is 0 Å². The van der Waals surface area contributed by atoms with Crippen molar-refractivity contribution in [3.8, 4) is 0 Å². The highest BCUT2D eigenvalue weighted by atomic mass is 14.1. The second-order valence-electron chi connectivity index (χ2n) is 4.37. The molecule has 3 aromatic rings. The van der Waals surface area contributed by atoms with Crippen LogP contribution in [0.25, 0.3) is 27.6 Å². The highest BCUT2D eigenvalue weighted by molar-refractivity contribution is 6.09. The van der Waals surface area contributed by atoms with E-state index >= 15 is 0 Å². The van der Waals surface area contributed by atoms with Crippen LogP contribution in [0.2, 0.25) is 0 Å². The molecule has 0 bridgehead atoms. The molecule has 0 N–H and O–H groups in total. The van der Waals surface area contributed by atoms with Gasteiger partial charge in [-0.1, -0.05) is 103 Å². The third-order valence-electron chi connectivity index (χ3n) is 3.46. The molecular formula is C23H32. The van der Waals surface area contributed by atoms with Crippen molar-refractivity contribution in [2.24, 2.45) is 0 Å². The first-order chi connectivity index (χ1) is 11.3. The van der Waals surface area contributed by atoms with Gasteiger partial charge in [0, 0.05) is 0 Å². The maximum Gasteiger partial charge on any atom is -0.0102 e. The number of hydrogen-bond donors (Lipinski definition) is 0. The molecule has 0 saturated carbocycles. The largest absolute Gasteiger partial charge is 0.0985 e. The Kier molecular flexibility index (Phi) is 10.4. The van der Waals surface area contributed by atoms with Gasteiger partial charge in [-0.05, 0) is 39.6 Å². The van der Waals surface area contributed by atoms with Gasteiger partial charge in [-0.2, -0.15) is 0 Å². The molecule has 0 radical (unpaired) electrons. The standard InChI is InChI=1S/C17H14.3C2H6/c1-3-13-8-11-17-15(12(13)2)10-9-14-6-4-5-7-16(14)17;3*1-2/h3-11H,1H2,2H3;3*1-2H3. The molecular weight excluding hydrogens is 276 g/mol. The summed E-state index contributed by atoms with van der Waals surface area (Å²) in [5, 5.41) is 5.27. The van der Waals surface area contributed by atoms with E-state index in [1.807, 2.05) is 47.6 Å². The lowest BCUT2D eigenvalue weighted by atomic mass is 9.96. The van der Waals surface area contributed by atoms with E-state index in [1.165, 1.54) is 32.7 Å². The molecule has 0 heterocycles. The average molecular weight is 309 g/mol. The van der Waals surface area contributed by atoms with Crippen molar-refractivity contribution in [3.05, 3.63) is 66.2 Å². The molecule has 0 unspecified atom stereocenters. The van der Waals surface area contributed by atoms with Crippen LogP contribution in [-0.2, 0) is 0 Å². The molecule has 3 rings (SSSR count). The van der Waals surface area contributed by atoms with Crippen molar-refractivity contribution in [1.29, 1.82) is 0 Å². The van der Waals surface area contributed by atoms with Crippen molar-refractivity contribution in [2.45, 2.75) is 48.5 Å². The fourth-order valence-corrected chi connectivity index (χ4v) is 2.48. The fraction of sp³-hybridized carbons (Fsp3) is 0.304. The predicted octanol–water partition coefficient (Wildman–Crippen LogP) is 8.02. The van der Waals surface area contributed by atoms with Crippen LogP contribution >= 0.6 is 0 Å². The number of rotatable bonds is 1. The first-order valence-corrected chi connectivity index (χ1v) is 8.85. The van der Waals surface area contributed by atoms with Crippen LogP contribution in [0.4, 0.5) is 0 Å². The number of benzene rings is 3. The van der Waals surface area contributed by atoms with Gasteiger partial charge in [0.25, 0.3) is 0 Å². The van der Waals surface area contributed by atoms with E-state index in [4.69, 9.17) is 0 Å². The van der Waals surface area contributed by atoms with Gasteiger partial charge in [0.15, 0.2) is 0 Å². The van der Waals surface area contributed by atoms with Crippen molar-refractivity contribution in [1.82, 2.24) is 0 Å². The molecule has 0 heteroatoms. The summed E-state index contributed by atoms with van der Waals surface area (Å²) in [4.78, 5) is 0. The molecule has 23 heavy (non-hydrogen) atoms. The fourth-order valence-electron chi connectivity index (χ4n) is 2.48. The van der Waals surface area contributed by atoms with Gasteiger partial charge < -0.3 is 0 Å². The zero-order chi connectivity index (χ0) is 17.8. The van der Waals surface area contributed by atoms with Gasteiger partial charge in [-0.3, -0.25) is 0 Å². The maximum absolute atomic E-state index is 3.86. The van der Waals surface area contributed by atoms with Gasteiger partial charge in [0.1, 0.15) is 0 Å². The van der Waals surface area contributed by atoms with Gasteiger partial charge in [-0.15, -0.1) is 0 Å². The van der Waals surface area contributed by atoms with E-state index in [0.717, 1.165) is 0 Å². The molecule has 0 aliphatic carbocycles. The Labute approximate surface area is 142 Å². The minimum absolute atomic E-state index is 1.22. The second kappa shape index (κ2) is 11.5. The van der Waals surface area contributed by atoms with E-state index in [2.05, 4.69) is 62.0 Å². The lowest BCUT2D eigenvalue weighted by Gasteiger charge is -2.08. The van der Waals surface area contributed by atoms with Gasteiger partial charge in [-0.25, -0.2) is 0 Å². The lowest BCUT2D eigenvalue weighted by Crippen LogP contribution is -1.85. The van der Waals surface area contributed by atoms with Crippen molar-refractivity contribution < 1.29 is 0 Å². The SMILES string of the molecule is C=Cc1ccc2c(ccc3ccccc32)c1C.CC.CC.CC. The predicted molar refractivity (Wildman–Crippen MR) is 110 cm³/mol. The molecule has 0 spiro atoms. The number of fused-ring (bicyclic) bond motifs is 3. The van der Waals surface area contributed by atoms with E-state index in [0.29, 0.717) is 0 Å². The maximum atomic E-state index is 3.86. The van der Waals surface area contributed by atoms with Crippen molar-refractivity contribution >= 4 is 27.6 Å². The zero-order valence-electron chi connectivity index (χ0n) is 15.9. The molecule has 0 saturated heterocycles. The summed E-state index contributed by atoms with van der Waals surface area (Å²) >= 11 is 0. The Morgan fingerprint density at radius 2 is 1.22 bits per heavy atom. The Balaban J connectivity index is 0.000000728. The van der Waals surface area contributed by atoms with Crippen LogP contribution in [0.1, 0.15) is 52.7 Å². The van der Waals surface area contributed by atoms with Crippen molar-refractivity contribution in [3.63, 3.8) is 0 Å². The second-order valence-corrected chi connectivity index (χ2v) is 4.37. The monoisotopic (exact) mass is 308 g/mol. The summed E-state index contributed by atoms with van der Waals surface area (Å²) in [5.74, 6) is 0. The van der Waals surface area contributed by atoms with Crippen LogP contribution in [-0.4, -0.2) is 0 Å². The molecule has 0 aromatic heterocycles. The Hall–Kier alpha value is -2.08. The topological polar surface area (TPSA) is 0 Å². The summed E-state index contributed by atoms with van der Waals surface area (Å²) in [6.07, 6.45) is 1.92. The summed E-state index contributed by atoms with van der Waals surface area (Å²) < 4.78 is 0. The Morgan fingerprint density at radius 3 is 1.83 bits per heavy atom. The van der Waals surface area contributed by atoms with Gasteiger partial charge >= 0.3 is 0 Å². The van der Waals surface area contributed by atoms with Crippen molar-refractivity contribution in [2.75, 3.05) is 0 Å². The zero-order valence-corrected chi connectivity index (χ0v) is 15.9. The summed E-state index contributed by atoms with van der Waals surface area (Å²) in [5.41, 5.74) is 2.52. The highest BCUT2D eigenvalue weighted by Gasteiger charge is 2.04. The Morgan fingerprint density at radius 1 is 0.652 bits per heavy atom. The Bertz CT molecular complexity index is 721. The normalized spacial score (nSPS) is 8.83. The van der Waals surface area contributed by atoms with Gasteiger partial charge in [0.05, 0.1) is 0 Å². The quantitative estimate of drug-likeness (QED) is 0.399.